The molecule has 0 spiro atoms. The SMILES string of the molecule is CCOCCOCC(OOCC1CCCC([N+](=O)[O-])C1C(=O)O)OC(=O)C1CCCC([N+](=O)[O-])C1C(=O)O. The van der Waals surface area contributed by atoms with Crippen LogP contribution in [0, 0.1) is 43.9 Å². The molecule has 0 bridgehead atoms. The Bertz CT molecular complexity index is 839. The van der Waals surface area contributed by atoms with Gasteiger partial charge in [0.05, 0.1) is 25.7 Å². The monoisotopic (exact) mass is 550 g/mol. The van der Waals surface area contributed by atoms with Gasteiger partial charge < -0.3 is 24.4 Å². The molecule has 2 fully saturated rings. The molecule has 0 aliphatic heterocycles. The zero-order valence-electron chi connectivity index (χ0n) is 21.0. The quantitative estimate of drug-likeness (QED) is 0.0686. The zero-order chi connectivity index (χ0) is 28.2. The Labute approximate surface area is 217 Å². The number of nitrogens with zero attached hydrogens (tertiary/aromatic N) is 2. The number of carboxylic acids is 2. The molecule has 0 saturated heterocycles. The van der Waals surface area contributed by atoms with Crippen molar-refractivity contribution in [2.24, 2.45) is 23.7 Å². The Morgan fingerprint density at radius 2 is 1.47 bits per heavy atom. The molecule has 16 heteroatoms. The molecule has 2 N–H and O–H groups in total. The second kappa shape index (κ2) is 15.5. The normalized spacial score (nSPS) is 28.2. The van der Waals surface area contributed by atoms with Crippen molar-refractivity contribution in [3.63, 3.8) is 0 Å². The van der Waals surface area contributed by atoms with E-state index in [0.717, 1.165) is 0 Å². The lowest BCUT2D eigenvalue weighted by atomic mass is 9.76. The van der Waals surface area contributed by atoms with Gasteiger partial charge in [0.25, 0.3) is 6.29 Å². The smallest absolute Gasteiger partial charge is 0.314 e. The summed E-state index contributed by atoms with van der Waals surface area (Å²) in [6.07, 6.45) is -0.335. The molecule has 2 rings (SSSR count). The van der Waals surface area contributed by atoms with Crippen LogP contribution < -0.4 is 0 Å². The average molecular weight is 551 g/mol. The number of rotatable bonds is 16. The van der Waals surface area contributed by atoms with Gasteiger partial charge in [-0.15, -0.1) is 0 Å². The number of esters is 1. The lowest BCUT2D eigenvalue weighted by Gasteiger charge is -2.31. The van der Waals surface area contributed by atoms with Crippen LogP contribution in [0.5, 0.6) is 0 Å². The summed E-state index contributed by atoms with van der Waals surface area (Å²) in [7, 11) is 0. The van der Waals surface area contributed by atoms with Gasteiger partial charge in [0, 0.05) is 35.2 Å². The molecule has 0 aromatic rings. The first-order valence-electron chi connectivity index (χ1n) is 12.4. The largest absolute Gasteiger partial charge is 0.481 e. The van der Waals surface area contributed by atoms with Crippen molar-refractivity contribution < 1.29 is 58.4 Å². The molecule has 2 aliphatic rings. The summed E-state index contributed by atoms with van der Waals surface area (Å²) in [6.45, 7) is 1.81. The lowest BCUT2D eigenvalue weighted by molar-refractivity contribution is -0.536. The molecule has 2 saturated carbocycles. The van der Waals surface area contributed by atoms with Crippen molar-refractivity contribution in [3.8, 4) is 0 Å². The Hall–Kier alpha value is -2.95. The first kappa shape index (κ1) is 31.3. The number of hydrogen-bond donors (Lipinski definition) is 2. The lowest BCUT2D eigenvalue weighted by Crippen LogP contribution is -2.47. The number of hydrogen-bond acceptors (Lipinski definition) is 12. The van der Waals surface area contributed by atoms with Crippen LogP contribution in [0.3, 0.4) is 0 Å². The van der Waals surface area contributed by atoms with Gasteiger partial charge in [-0.25, -0.2) is 4.89 Å². The maximum absolute atomic E-state index is 12.9. The molecule has 38 heavy (non-hydrogen) atoms. The van der Waals surface area contributed by atoms with Crippen molar-refractivity contribution >= 4 is 17.9 Å². The summed E-state index contributed by atoms with van der Waals surface area (Å²) < 4.78 is 15.8. The summed E-state index contributed by atoms with van der Waals surface area (Å²) >= 11 is 0. The van der Waals surface area contributed by atoms with E-state index < -0.39 is 69.8 Å². The highest BCUT2D eigenvalue weighted by molar-refractivity contribution is 5.82. The predicted octanol–water partition coefficient (Wildman–Crippen LogP) is 1.15. The minimum atomic E-state index is -1.59. The Kier molecular flexibility index (Phi) is 12.7. The number of ether oxygens (including phenoxy) is 3. The number of carbonyl (C=O) groups is 3. The molecule has 7 unspecified atom stereocenters. The minimum Gasteiger partial charge on any atom is -0.481 e. The topological polar surface area (TPSA) is 224 Å². The van der Waals surface area contributed by atoms with Gasteiger partial charge in [0.2, 0.25) is 12.1 Å². The van der Waals surface area contributed by atoms with Crippen LogP contribution in [0.15, 0.2) is 0 Å². The van der Waals surface area contributed by atoms with Crippen LogP contribution in [0.1, 0.15) is 45.4 Å². The number of carbonyl (C=O) groups excluding carboxylic acids is 1. The standard InChI is InChI=1S/C22H34N2O14/c1-2-34-9-10-35-12-17(37-22(29)14-6-4-8-16(24(32)33)19(14)21(27)28)38-36-11-13-5-3-7-15(23(30)31)18(13)20(25)26/h13-19H,2-12H2,1H3,(H,25,26)(H,27,28). The molecule has 0 aromatic heterocycles. The van der Waals surface area contributed by atoms with Crippen LogP contribution in [0.4, 0.5) is 0 Å². The fourth-order valence-electron chi connectivity index (χ4n) is 5.01. The van der Waals surface area contributed by atoms with Crippen LogP contribution in [0.25, 0.3) is 0 Å². The van der Waals surface area contributed by atoms with Crippen molar-refractivity contribution in [2.75, 3.05) is 33.0 Å². The van der Waals surface area contributed by atoms with Gasteiger partial charge in [0.1, 0.15) is 18.4 Å². The van der Waals surface area contributed by atoms with Crippen molar-refractivity contribution in [1.82, 2.24) is 0 Å². The van der Waals surface area contributed by atoms with E-state index in [1.54, 1.807) is 6.92 Å². The Morgan fingerprint density at radius 1 is 0.895 bits per heavy atom. The van der Waals surface area contributed by atoms with E-state index in [2.05, 4.69) is 0 Å². The Morgan fingerprint density at radius 3 is 2.05 bits per heavy atom. The van der Waals surface area contributed by atoms with Crippen LogP contribution in [-0.4, -0.2) is 89.4 Å². The molecule has 2 aliphatic carbocycles. The second-order valence-corrected chi connectivity index (χ2v) is 9.18. The van der Waals surface area contributed by atoms with Crippen LogP contribution >= 0.6 is 0 Å². The van der Waals surface area contributed by atoms with E-state index in [1.807, 2.05) is 0 Å². The van der Waals surface area contributed by atoms with E-state index in [0.29, 0.717) is 19.4 Å². The molecule has 0 aromatic carbocycles. The maximum atomic E-state index is 12.9. The van der Waals surface area contributed by atoms with E-state index in [-0.39, 0.29) is 52.1 Å². The summed E-state index contributed by atoms with van der Waals surface area (Å²) in [5.41, 5.74) is 0. The van der Waals surface area contributed by atoms with Crippen molar-refractivity contribution in [1.29, 1.82) is 0 Å². The maximum Gasteiger partial charge on any atom is 0.314 e. The molecule has 16 nitrogen and oxygen atoms in total. The zero-order valence-corrected chi connectivity index (χ0v) is 21.0. The highest BCUT2D eigenvalue weighted by Gasteiger charge is 2.50. The van der Waals surface area contributed by atoms with Gasteiger partial charge in [-0.1, -0.05) is 0 Å². The fraction of sp³-hybridized carbons (Fsp3) is 0.864. The molecular weight excluding hydrogens is 516 g/mol. The highest BCUT2D eigenvalue weighted by atomic mass is 17.2. The number of carboxylic acid groups (broad SMARTS) is 2. The molecule has 0 heterocycles. The first-order valence-corrected chi connectivity index (χ1v) is 12.4. The van der Waals surface area contributed by atoms with Crippen LogP contribution in [0.2, 0.25) is 0 Å². The summed E-state index contributed by atoms with van der Waals surface area (Å²) in [4.78, 5) is 67.9. The van der Waals surface area contributed by atoms with Gasteiger partial charge in [0.15, 0.2) is 0 Å². The average Bonchev–Trinajstić information content (AvgIpc) is 2.87. The van der Waals surface area contributed by atoms with Crippen LogP contribution in [-0.2, 0) is 38.4 Å². The predicted molar refractivity (Wildman–Crippen MR) is 123 cm³/mol. The van der Waals surface area contributed by atoms with Gasteiger partial charge >= 0.3 is 17.9 Å². The van der Waals surface area contributed by atoms with Gasteiger partial charge in [-0.3, -0.25) is 34.6 Å². The van der Waals surface area contributed by atoms with Crippen molar-refractivity contribution in [2.45, 2.75) is 63.8 Å². The third-order valence-corrected chi connectivity index (χ3v) is 6.81. The van der Waals surface area contributed by atoms with E-state index in [1.165, 1.54) is 0 Å². The molecule has 216 valence electrons. The van der Waals surface area contributed by atoms with Gasteiger partial charge in [-0.05, 0) is 32.6 Å². The minimum absolute atomic E-state index is 0.00853. The summed E-state index contributed by atoms with van der Waals surface area (Å²) in [5, 5.41) is 41.7. The first-order chi connectivity index (χ1) is 18.1. The van der Waals surface area contributed by atoms with Crippen molar-refractivity contribution in [3.05, 3.63) is 20.2 Å². The molecular formula is C22H34N2O14. The third kappa shape index (κ3) is 8.82. The molecule has 0 amide bonds. The summed E-state index contributed by atoms with van der Waals surface area (Å²) in [6, 6.07) is -2.73. The number of nitro groups is 2. The summed E-state index contributed by atoms with van der Waals surface area (Å²) in [5.74, 6) is -8.82. The Balaban J connectivity index is 2.05. The van der Waals surface area contributed by atoms with E-state index >= 15 is 0 Å². The van der Waals surface area contributed by atoms with Gasteiger partial charge in [-0.2, -0.15) is 4.89 Å². The fourth-order valence-corrected chi connectivity index (χ4v) is 5.01. The third-order valence-electron chi connectivity index (χ3n) is 6.81. The van der Waals surface area contributed by atoms with E-state index in [9.17, 15) is 44.8 Å². The van der Waals surface area contributed by atoms with E-state index in [4.69, 9.17) is 24.0 Å². The molecule has 0 radical (unpaired) electrons. The highest BCUT2D eigenvalue weighted by Crippen LogP contribution is 2.34. The number of aliphatic carboxylic acids is 2. The second-order valence-electron chi connectivity index (χ2n) is 9.18. The molecule has 7 atom stereocenters.